The molecule has 1 aromatic rings. The number of nitrogen functional groups attached to an aromatic ring is 1. The number of aromatic nitrogens is 2. The van der Waals surface area contributed by atoms with E-state index in [0.29, 0.717) is 4.64 Å². The highest BCUT2D eigenvalue weighted by Crippen LogP contribution is 1.87. The van der Waals surface area contributed by atoms with E-state index in [-0.39, 0.29) is 11.5 Å². The van der Waals surface area contributed by atoms with Crippen molar-refractivity contribution in [3.05, 3.63) is 21.2 Å². The second kappa shape index (κ2) is 4.85. The highest BCUT2D eigenvalue weighted by molar-refractivity contribution is 7.79. The van der Waals surface area contributed by atoms with Crippen LogP contribution in [0.3, 0.4) is 0 Å². The second-order valence-electron chi connectivity index (χ2n) is 1.99. The quantitative estimate of drug-likeness (QED) is 0.299. The van der Waals surface area contributed by atoms with Gasteiger partial charge in [0.2, 0.25) is 0 Å². The van der Waals surface area contributed by atoms with Crippen LogP contribution in [0, 0.1) is 4.64 Å². The van der Waals surface area contributed by atoms with Gasteiger partial charge in [0.1, 0.15) is 10.5 Å². The molecule has 0 radical (unpaired) electrons. The fourth-order valence-corrected chi connectivity index (χ4v) is 0.707. The Morgan fingerprint density at radius 3 is 2.07 bits per heavy atom. The van der Waals surface area contributed by atoms with E-state index in [4.69, 9.17) is 23.3 Å². The van der Waals surface area contributed by atoms with Gasteiger partial charge in [-0.1, -0.05) is 12.2 Å². The molecule has 8 nitrogen and oxygen atoms in total. The maximum Gasteiger partial charge on any atom is 0.394 e. The van der Waals surface area contributed by atoms with Gasteiger partial charge in [-0.05, 0) is 0 Å². The third-order valence-electron chi connectivity index (χ3n) is 0.781. The van der Waals surface area contributed by atoms with E-state index in [1.54, 1.807) is 0 Å². The standard InChI is InChI=1S/C4H5N3OS.H2O4S/c5-2-1-3(9)7-4(8)6-2;1-5(2,3)4/h1H,(H4,5,6,7,8,9);(H2,1,2,3,4). The molecule has 0 aliphatic carbocycles. The van der Waals surface area contributed by atoms with Gasteiger partial charge in [-0.3, -0.25) is 19.1 Å². The molecule has 0 unspecified atom stereocenters. The molecule has 0 aliphatic rings. The molecular weight excluding hydrogens is 234 g/mol. The molecule has 6 N–H and O–H groups in total. The fourth-order valence-electron chi connectivity index (χ4n) is 0.488. The lowest BCUT2D eigenvalue weighted by atomic mass is 10.6. The zero-order chi connectivity index (χ0) is 11.4. The number of nitrogens with one attached hydrogen (secondary N) is 2. The summed E-state index contributed by atoms with van der Waals surface area (Å²) in [6.45, 7) is 0. The van der Waals surface area contributed by atoms with Crippen LogP contribution < -0.4 is 11.4 Å². The molecule has 0 bridgehead atoms. The first-order valence-electron chi connectivity index (χ1n) is 2.97. The third kappa shape index (κ3) is 8.86. The normalized spacial score (nSPS) is 10.1. The Kier molecular flexibility index (Phi) is 4.43. The average Bonchev–Trinajstić information content (AvgIpc) is 1.77. The number of hydrogen-bond acceptors (Lipinski definition) is 5. The first-order valence-corrected chi connectivity index (χ1v) is 4.78. The van der Waals surface area contributed by atoms with Gasteiger partial charge in [0.05, 0.1) is 0 Å². The van der Waals surface area contributed by atoms with Crippen molar-refractivity contribution in [3.8, 4) is 0 Å². The molecule has 0 saturated carbocycles. The monoisotopic (exact) mass is 241 g/mol. The van der Waals surface area contributed by atoms with E-state index < -0.39 is 10.4 Å². The van der Waals surface area contributed by atoms with Crippen LogP contribution in [0.2, 0.25) is 0 Å². The molecule has 0 spiro atoms. The largest absolute Gasteiger partial charge is 0.394 e. The SMILES string of the molecule is Nc1cc(=S)[nH]c(=O)[nH]1.O=S(=O)(O)O. The number of nitrogens with two attached hydrogens (primary N) is 1. The summed E-state index contributed by atoms with van der Waals surface area (Å²) in [7, 11) is -4.67. The Labute approximate surface area is 83.4 Å². The molecule has 1 heterocycles. The van der Waals surface area contributed by atoms with Crippen molar-refractivity contribution in [3.63, 3.8) is 0 Å². The highest BCUT2D eigenvalue weighted by atomic mass is 32.3. The van der Waals surface area contributed by atoms with Crippen molar-refractivity contribution in [2.75, 3.05) is 5.73 Å². The van der Waals surface area contributed by atoms with Crippen LogP contribution in [-0.2, 0) is 10.4 Å². The zero-order valence-corrected chi connectivity index (χ0v) is 8.22. The molecule has 0 saturated heterocycles. The summed E-state index contributed by atoms with van der Waals surface area (Å²) in [6, 6.07) is 1.47. The van der Waals surface area contributed by atoms with Gasteiger partial charge in [0.15, 0.2) is 0 Å². The summed E-state index contributed by atoms with van der Waals surface area (Å²) in [5.41, 5.74) is 4.84. The van der Waals surface area contributed by atoms with Gasteiger partial charge in [-0.25, -0.2) is 4.79 Å². The Hall–Kier alpha value is -1.23. The van der Waals surface area contributed by atoms with Gasteiger partial charge in [-0.15, -0.1) is 0 Å². The van der Waals surface area contributed by atoms with Gasteiger partial charge in [0.25, 0.3) is 0 Å². The lowest BCUT2D eigenvalue weighted by molar-refractivity contribution is 0.381. The maximum atomic E-state index is 10.5. The summed E-state index contributed by atoms with van der Waals surface area (Å²) in [5.74, 6) is 0.281. The summed E-state index contributed by atoms with van der Waals surface area (Å²) >= 11 is 4.63. The molecule has 0 fully saturated rings. The van der Waals surface area contributed by atoms with Crippen molar-refractivity contribution in [1.29, 1.82) is 0 Å². The van der Waals surface area contributed by atoms with E-state index in [9.17, 15) is 4.79 Å². The number of anilines is 1. The minimum atomic E-state index is -4.67. The van der Waals surface area contributed by atoms with E-state index in [1.807, 2.05) is 0 Å². The van der Waals surface area contributed by atoms with Crippen molar-refractivity contribution in [2.24, 2.45) is 0 Å². The van der Waals surface area contributed by atoms with Gasteiger partial charge >= 0.3 is 16.1 Å². The molecule has 80 valence electrons. The predicted octanol–water partition coefficient (Wildman–Crippen LogP) is -0.638. The van der Waals surface area contributed by atoms with Crippen LogP contribution in [0.4, 0.5) is 5.82 Å². The molecule has 10 heteroatoms. The average molecular weight is 241 g/mol. The zero-order valence-electron chi connectivity index (χ0n) is 6.59. The van der Waals surface area contributed by atoms with Crippen LogP contribution >= 0.6 is 12.2 Å². The van der Waals surface area contributed by atoms with Crippen LogP contribution in [-0.4, -0.2) is 27.5 Å². The predicted molar refractivity (Wildman–Crippen MR) is 50.8 cm³/mol. The molecule has 0 aromatic carbocycles. The number of hydrogen-bond donors (Lipinski definition) is 5. The minimum absolute atomic E-state index is 0.281. The van der Waals surface area contributed by atoms with E-state index in [2.05, 4.69) is 22.2 Å². The number of rotatable bonds is 0. The first kappa shape index (κ1) is 12.8. The Morgan fingerprint density at radius 2 is 1.79 bits per heavy atom. The Bertz CT molecular complexity index is 464. The summed E-state index contributed by atoms with van der Waals surface area (Å²) < 4.78 is 31.9. The second-order valence-corrected chi connectivity index (χ2v) is 3.33. The Balaban J connectivity index is 0.000000292. The lowest BCUT2D eigenvalue weighted by Gasteiger charge is -1.87. The molecule has 1 rings (SSSR count). The van der Waals surface area contributed by atoms with Crippen molar-refractivity contribution < 1.29 is 17.5 Å². The number of aromatic amines is 2. The summed E-state index contributed by atoms with van der Waals surface area (Å²) in [5, 5.41) is 0. The smallest absolute Gasteiger partial charge is 0.385 e. The molecule has 0 atom stereocenters. The molecule has 0 aliphatic heterocycles. The van der Waals surface area contributed by atoms with E-state index in [0.717, 1.165) is 0 Å². The van der Waals surface area contributed by atoms with Gasteiger partial charge in [-0.2, -0.15) is 8.42 Å². The maximum absolute atomic E-state index is 10.5. The number of H-pyrrole nitrogens is 2. The molecule has 0 amide bonds. The van der Waals surface area contributed by atoms with Crippen molar-refractivity contribution in [1.82, 2.24) is 9.97 Å². The highest BCUT2D eigenvalue weighted by Gasteiger charge is 1.85. The topological polar surface area (TPSA) is 149 Å². The third-order valence-corrected chi connectivity index (χ3v) is 1.00. The first-order chi connectivity index (χ1) is 6.18. The van der Waals surface area contributed by atoms with Crippen LogP contribution in [0.1, 0.15) is 0 Å². The lowest BCUT2D eigenvalue weighted by Crippen LogP contribution is -2.11. The van der Waals surface area contributed by atoms with Gasteiger partial charge < -0.3 is 5.73 Å². The van der Waals surface area contributed by atoms with Crippen LogP contribution in [0.25, 0.3) is 0 Å². The minimum Gasteiger partial charge on any atom is -0.385 e. The van der Waals surface area contributed by atoms with Gasteiger partial charge in [0, 0.05) is 6.07 Å². The summed E-state index contributed by atoms with van der Waals surface area (Å²) in [4.78, 5) is 15.1. The summed E-state index contributed by atoms with van der Waals surface area (Å²) in [6.07, 6.45) is 0. The van der Waals surface area contributed by atoms with E-state index >= 15 is 0 Å². The van der Waals surface area contributed by atoms with Crippen molar-refractivity contribution in [2.45, 2.75) is 0 Å². The fraction of sp³-hybridized carbons (Fsp3) is 0. The molecular formula is C4H7N3O5S2. The van der Waals surface area contributed by atoms with Crippen LogP contribution in [0.15, 0.2) is 10.9 Å². The van der Waals surface area contributed by atoms with E-state index in [1.165, 1.54) is 6.07 Å². The van der Waals surface area contributed by atoms with Crippen molar-refractivity contribution >= 4 is 28.4 Å². The molecule has 14 heavy (non-hydrogen) atoms. The molecule has 1 aromatic heterocycles. The Morgan fingerprint density at radius 1 is 1.36 bits per heavy atom. The van der Waals surface area contributed by atoms with Crippen LogP contribution in [0.5, 0.6) is 0 Å².